The Morgan fingerprint density at radius 1 is 1.25 bits per heavy atom. The molecule has 2 aromatic heterocycles. The van der Waals surface area contributed by atoms with Crippen LogP contribution >= 0.6 is 11.3 Å². The predicted octanol–water partition coefficient (Wildman–Crippen LogP) is 2.39. The molecule has 11 heteroatoms. The Kier molecular flexibility index (Phi) is 5.01. The van der Waals surface area contributed by atoms with E-state index in [4.69, 9.17) is 4.74 Å². The summed E-state index contributed by atoms with van der Waals surface area (Å²) in [5.74, 6) is -2.32. The summed E-state index contributed by atoms with van der Waals surface area (Å²) in [6.45, 7) is 3.22. The first-order valence-electron chi connectivity index (χ1n) is 9.97. The van der Waals surface area contributed by atoms with Gasteiger partial charge < -0.3 is 19.3 Å². The van der Waals surface area contributed by atoms with Gasteiger partial charge >= 0.3 is 0 Å². The number of amides is 1. The molecule has 0 unspecified atom stereocenters. The third kappa shape index (κ3) is 3.47. The van der Waals surface area contributed by atoms with Gasteiger partial charge in [-0.2, -0.15) is 0 Å². The topological polar surface area (TPSA) is 97.5 Å². The van der Waals surface area contributed by atoms with Crippen molar-refractivity contribution in [2.75, 3.05) is 13.2 Å². The molecule has 1 N–H and O–H groups in total. The number of benzene rings is 1. The third-order valence-electron chi connectivity index (χ3n) is 5.56. The lowest BCUT2D eigenvalue weighted by molar-refractivity contribution is -0.111. The number of fused-ring (bicyclic) bond motifs is 2. The first-order chi connectivity index (χ1) is 15.3. The first kappa shape index (κ1) is 20.7. The molecule has 8 nitrogen and oxygen atoms in total. The Labute approximate surface area is 184 Å². The molecule has 3 aromatic rings. The van der Waals surface area contributed by atoms with Crippen LogP contribution in [0.2, 0.25) is 0 Å². The van der Waals surface area contributed by atoms with Gasteiger partial charge in [0.25, 0.3) is 5.91 Å². The smallest absolute Gasteiger partial charge is 0.276 e. The highest BCUT2D eigenvalue weighted by Crippen LogP contribution is 2.31. The number of ether oxygens (including phenoxy) is 1. The highest BCUT2D eigenvalue weighted by molar-refractivity contribution is 7.14. The molecular formula is C21H18F2N4O4S. The Bertz CT molecular complexity index is 1290. The second kappa shape index (κ2) is 7.75. The minimum atomic E-state index is -0.732. The van der Waals surface area contributed by atoms with Crippen LogP contribution in [0, 0.1) is 17.6 Å². The molecule has 0 saturated carbocycles. The highest BCUT2D eigenvalue weighted by Gasteiger charge is 2.39. The van der Waals surface area contributed by atoms with E-state index in [-0.39, 0.29) is 40.7 Å². The zero-order valence-corrected chi connectivity index (χ0v) is 17.7. The molecule has 2 atom stereocenters. The molecule has 1 saturated heterocycles. The number of carbonyl (C=O) groups is 1. The predicted molar refractivity (Wildman–Crippen MR) is 110 cm³/mol. The van der Waals surface area contributed by atoms with E-state index in [1.54, 1.807) is 0 Å². The zero-order chi connectivity index (χ0) is 22.6. The molecule has 0 aliphatic carbocycles. The van der Waals surface area contributed by atoms with E-state index in [0.29, 0.717) is 18.2 Å². The fourth-order valence-electron chi connectivity index (χ4n) is 3.97. The van der Waals surface area contributed by atoms with Gasteiger partial charge in [-0.25, -0.2) is 8.78 Å². The monoisotopic (exact) mass is 460 g/mol. The quantitative estimate of drug-likeness (QED) is 0.645. The summed E-state index contributed by atoms with van der Waals surface area (Å²) < 4.78 is 34.3. The maximum absolute atomic E-state index is 14.0. The summed E-state index contributed by atoms with van der Waals surface area (Å²) in [6.07, 6.45) is 1.06. The Balaban J connectivity index is 1.49. The Morgan fingerprint density at radius 3 is 2.84 bits per heavy atom. The minimum absolute atomic E-state index is 0.0730. The van der Waals surface area contributed by atoms with Crippen LogP contribution in [-0.2, 0) is 17.7 Å². The van der Waals surface area contributed by atoms with E-state index in [1.807, 2.05) is 6.92 Å². The summed E-state index contributed by atoms with van der Waals surface area (Å²) in [6, 6.07) is 3.27. The normalized spacial score (nSPS) is 20.2. The fourth-order valence-corrected chi connectivity index (χ4v) is 4.84. The van der Waals surface area contributed by atoms with Crippen LogP contribution in [0.3, 0.4) is 0 Å². The van der Waals surface area contributed by atoms with Crippen molar-refractivity contribution >= 4 is 17.2 Å². The number of halogens is 2. The standard InChI is InChI=1S/C21H18F2N4O4S/c1-10-6-27-16(31-9-10)8-26-7-13(18(28)19(29)17(26)21(27)30)20-25-24-15(32-20)4-11-2-3-12(22)5-14(11)23/h2-3,5,7,10,16,29H,4,6,8-9H2,1H3/t10-,16-/m0/s1. The molecule has 166 valence electrons. The van der Waals surface area contributed by atoms with Gasteiger partial charge in [0.15, 0.2) is 22.7 Å². The Morgan fingerprint density at radius 2 is 2.06 bits per heavy atom. The molecule has 2 aliphatic rings. The molecule has 5 rings (SSSR count). The number of rotatable bonds is 3. The minimum Gasteiger partial charge on any atom is -0.503 e. The largest absolute Gasteiger partial charge is 0.503 e. The molecule has 1 amide bonds. The van der Waals surface area contributed by atoms with Crippen LogP contribution in [0.25, 0.3) is 10.6 Å². The van der Waals surface area contributed by atoms with Crippen LogP contribution in [-0.4, -0.2) is 50.1 Å². The van der Waals surface area contributed by atoms with E-state index in [9.17, 15) is 23.5 Å². The van der Waals surface area contributed by atoms with Crippen LogP contribution in [0.15, 0.2) is 29.2 Å². The van der Waals surface area contributed by atoms with Crippen LogP contribution in [0.5, 0.6) is 5.75 Å². The number of hydrogen-bond donors (Lipinski definition) is 1. The Hall–Kier alpha value is -3.18. The first-order valence-corrected chi connectivity index (χ1v) is 10.8. The number of aromatic nitrogens is 3. The van der Waals surface area contributed by atoms with Crippen LogP contribution in [0.4, 0.5) is 8.78 Å². The summed E-state index contributed by atoms with van der Waals surface area (Å²) >= 11 is 1.06. The molecule has 1 aromatic carbocycles. The summed E-state index contributed by atoms with van der Waals surface area (Å²) in [7, 11) is 0. The van der Waals surface area contributed by atoms with Crippen molar-refractivity contribution in [3.05, 3.63) is 62.5 Å². The van der Waals surface area contributed by atoms with Gasteiger partial charge in [-0.15, -0.1) is 10.2 Å². The summed E-state index contributed by atoms with van der Waals surface area (Å²) in [4.78, 5) is 27.3. The lowest BCUT2D eigenvalue weighted by Crippen LogP contribution is -2.55. The lowest BCUT2D eigenvalue weighted by atomic mass is 10.1. The van der Waals surface area contributed by atoms with Gasteiger partial charge in [-0.1, -0.05) is 24.3 Å². The van der Waals surface area contributed by atoms with E-state index in [0.717, 1.165) is 23.5 Å². The summed E-state index contributed by atoms with van der Waals surface area (Å²) in [5, 5.41) is 19.2. The van der Waals surface area contributed by atoms with Gasteiger partial charge in [-0.3, -0.25) is 9.59 Å². The molecule has 32 heavy (non-hydrogen) atoms. The molecule has 0 spiro atoms. The number of hydrogen-bond acceptors (Lipinski definition) is 7. The number of pyridine rings is 1. The summed E-state index contributed by atoms with van der Waals surface area (Å²) in [5.41, 5.74) is -0.482. The van der Waals surface area contributed by atoms with Crippen molar-refractivity contribution in [3.8, 4) is 16.3 Å². The molecule has 2 aliphatic heterocycles. The van der Waals surface area contributed by atoms with Crippen molar-refractivity contribution in [2.45, 2.75) is 26.1 Å². The molecule has 4 heterocycles. The van der Waals surface area contributed by atoms with Crippen molar-refractivity contribution in [3.63, 3.8) is 0 Å². The van der Waals surface area contributed by atoms with Crippen molar-refractivity contribution < 1.29 is 23.4 Å². The molecule has 0 radical (unpaired) electrons. The molecular weight excluding hydrogens is 442 g/mol. The number of nitrogens with zero attached hydrogens (tertiary/aromatic N) is 4. The van der Waals surface area contributed by atoms with Crippen molar-refractivity contribution in [1.29, 1.82) is 0 Å². The van der Waals surface area contributed by atoms with E-state index in [1.165, 1.54) is 21.7 Å². The SMILES string of the molecule is C[C@@H]1CO[C@H]2Cn3cc(-c4nnc(Cc5ccc(F)cc5F)s4)c(=O)c(O)c3C(=O)N2C1. The van der Waals surface area contributed by atoms with E-state index in [2.05, 4.69) is 10.2 Å². The van der Waals surface area contributed by atoms with Gasteiger partial charge in [0, 0.05) is 25.2 Å². The molecule has 0 bridgehead atoms. The maximum atomic E-state index is 14.0. The van der Waals surface area contributed by atoms with E-state index >= 15 is 0 Å². The number of carbonyl (C=O) groups excluding carboxylic acids is 1. The van der Waals surface area contributed by atoms with Gasteiger partial charge in [0.05, 0.1) is 18.7 Å². The van der Waals surface area contributed by atoms with Crippen molar-refractivity contribution in [1.82, 2.24) is 19.7 Å². The van der Waals surface area contributed by atoms with Gasteiger partial charge in [-0.05, 0) is 17.5 Å². The molecule has 1 fully saturated rings. The van der Waals surface area contributed by atoms with Crippen molar-refractivity contribution in [2.24, 2.45) is 5.92 Å². The van der Waals surface area contributed by atoms with Gasteiger partial charge in [0.2, 0.25) is 5.43 Å². The zero-order valence-electron chi connectivity index (χ0n) is 16.9. The average Bonchev–Trinajstić information content (AvgIpc) is 3.21. The second-order valence-electron chi connectivity index (χ2n) is 7.99. The average molecular weight is 460 g/mol. The lowest BCUT2D eigenvalue weighted by Gasteiger charge is -2.42. The highest BCUT2D eigenvalue weighted by atomic mass is 32.1. The second-order valence-corrected chi connectivity index (χ2v) is 9.05. The maximum Gasteiger partial charge on any atom is 0.276 e. The fraction of sp³-hybridized carbons (Fsp3) is 0.333. The van der Waals surface area contributed by atoms with Crippen LogP contribution < -0.4 is 5.43 Å². The number of aromatic hydroxyl groups is 1. The van der Waals surface area contributed by atoms with E-state index < -0.39 is 34.9 Å². The third-order valence-corrected chi connectivity index (χ3v) is 6.51. The van der Waals surface area contributed by atoms with Crippen LogP contribution in [0.1, 0.15) is 28.0 Å². The van der Waals surface area contributed by atoms with Gasteiger partial charge in [0.1, 0.15) is 16.6 Å².